The fourth-order valence-electron chi connectivity index (χ4n) is 2.53. The first-order chi connectivity index (χ1) is 13.6. The number of hydrogen-bond acceptors (Lipinski definition) is 6. The molecule has 8 nitrogen and oxygen atoms in total. The normalized spacial score (nSPS) is 13.2. The number of fused-ring (bicyclic) bond motifs is 1. The summed E-state index contributed by atoms with van der Waals surface area (Å²) < 4.78 is 15.6. The molecule has 1 heterocycles. The molecular weight excluding hydrogens is 364 g/mol. The van der Waals surface area contributed by atoms with Crippen molar-refractivity contribution in [2.24, 2.45) is 0 Å². The minimum Gasteiger partial charge on any atom is -0.497 e. The van der Waals surface area contributed by atoms with Crippen molar-refractivity contribution in [2.75, 3.05) is 25.8 Å². The molecule has 0 bridgehead atoms. The largest absolute Gasteiger partial charge is 0.497 e. The molecule has 1 aliphatic heterocycles. The number of amides is 2. The third kappa shape index (κ3) is 4.80. The number of methoxy groups -OCH3 is 1. The lowest BCUT2D eigenvalue weighted by Gasteiger charge is -2.15. The zero-order valence-corrected chi connectivity index (χ0v) is 15.2. The van der Waals surface area contributed by atoms with E-state index in [1.807, 2.05) is 0 Å². The van der Waals surface area contributed by atoms with E-state index in [-0.39, 0.29) is 6.79 Å². The maximum Gasteiger partial charge on any atom is 0.249 e. The molecule has 2 amide bonds. The molecule has 8 heteroatoms. The van der Waals surface area contributed by atoms with Crippen LogP contribution >= 0.6 is 0 Å². The van der Waals surface area contributed by atoms with Crippen molar-refractivity contribution in [3.05, 3.63) is 54.1 Å². The van der Waals surface area contributed by atoms with Crippen LogP contribution in [0.25, 0.3) is 6.08 Å². The Labute approximate surface area is 161 Å². The van der Waals surface area contributed by atoms with E-state index in [2.05, 4.69) is 10.6 Å². The summed E-state index contributed by atoms with van der Waals surface area (Å²) in [6.07, 6.45) is 2.85. The van der Waals surface area contributed by atoms with Gasteiger partial charge in [0.2, 0.25) is 18.6 Å². The average molecular weight is 384 g/mol. The predicted molar refractivity (Wildman–Crippen MR) is 102 cm³/mol. The monoisotopic (exact) mass is 384 g/mol. The standard InChI is InChI=1S/C20H20N2O6/c1-26-15-4-2-3-14(10-15)21-20(25)16(11-23)22-19(24)8-6-13-5-7-17-18(9-13)28-12-27-17/h2-10,16,23H,11-12H2,1H3,(H,21,25)(H,22,24)/t16-/m0/s1. The molecule has 0 saturated heterocycles. The second kappa shape index (κ2) is 8.92. The maximum absolute atomic E-state index is 12.3. The fourth-order valence-corrected chi connectivity index (χ4v) is 2.53. The van der Waals surface area contributed by atoms with Crippen molar-refractivity contribution in [3.8, 4) is 17.2 Å². The molecule has 0 fully saturated rings. The van der Waals surface area contributed by atoms with Gasteiger partial charge in [-0.05, 0) is 35.9 Å². The van der Waals surface area contributed by atoms with Gasteiger partial charge in [0.05, 0.1) is 13.7 Å². The summed E-state index contributed by atoms with van der Waals surface area (Å²) in [7, 11) is 1.52. The summed E-state index contributed by atoms with van der Waals surface area (Å²) in [5, 5.41) is 14.6. The topological polar surface area (TPSA) is 106 Å². The smallest absolute Gasteiger partial charge is 0.249 e. The van der Waals surface area contributed by atoms with Gasteiger partial charge in [-0.25, -0.2) is 0 Å². The number of ether oxygens (including phenoxy) is 3. The van der Waals surface area contributed by atoms with E-state index in [1.165, 1.54) is 13.2 Å². The molecule has 1 aliphatic rings. The highest BCUT2D eigenvalue weighted by atomic mass is 16.7. The van der Waals surface area contributed by atoms with Gasteiger partial charge in [-0.2, -0.15) is 0 Å². The highest BCUT2D eigenvalue weighted by molar-refractivity contribution is 6.00. The third-order valence-electron chi connectivity index (χ3n) is 3.98. The molecule has 0 unspecified atom stereocenters. The van der Waals surface area contributed by atoms with Crippen molar-refractivity contribution in [3.63, 3.8) is 0 Å². The number of aliphatic hydroxyl groups is 1. The summed E-state index contributed by atoms with van der Waals surface area (Å²) >= 11 is 0. The van der Waals surface area contributed by atoms with E-state index < -0.39 is 24.5 Å². The zero-order valence-electron chi connectivity index (χ0n) is 15.2. The Bertz CT molecular complexity index is 896. The third-order valence-corrected chi connectivity index (χ3v) is 3.98. The number of nitrogens with one attached hydrogen (secondary N) is 2. The molecule has 2 aromatic carbocycles. The number of benzene rings is 2. The molecular formula is C20H20N2O6. The van der Waals surface area contributed by atoms with E-state index in [0.29, 0.717) is 22.9 Å². The highest BCUT2D eigenvalue weighted by Gasteiger charge is 2.19. The van der Waals surface area contributed by atoms with Crippen LogP contribution in [0.1, 0.15) is 5.56 Å². The lowest BCUT2D eigenvalue weighted by Crippen LogP contribution is -2.45. The molecule has 0 spiro atoms. The Morgan fingerprint density at radius 2 is 2.04 bits per heavy atom. The number of rotatable bonds is 7. The molecule has 3 N–H and O–H groups in total. The molecule has 28 heavy (non-hydrogen) atoms. The van der Waals surface area contributed by atoms with Crippen molar-refractivity contribution in [2.45, 2.75) is 6.04 Å². The van der Waals surface area contributed by atoms with Gasteiger partial charge in [-0.3, -0.25) is 9.59 Å². The van der Waals surface area contributed by atoms with Crippen LogP contribution in [0.5, 0.6) is 17.2 Å². The van der Waals surface area contributed by atoms with Crippen LogP contribution in [0.2, 0.25) is 0 Å². The predicted octanol–water partition coefficient (Wildman–Crippen LogP) is 1.55. The number of aliphatic hydroxyl groups excluding tert-OH is 1. The molecule has 0 aromatic heterocycles. The Hall–Kier alpha value is -3.52. The van der Waals surface area contributed by atoms with E-state index in [1.54, 1.807) is 48.5 Å². The second-order valence-electron chi connectivity index (χ2n) is 5.91. The molecule has 0 aliphatic carbocycles. The molecule has 3 rings (SSSR count). The SMILES string of the molecule is COc1cccc(NC(=O)[C@H](CO)NC(=O)C=Cc2ccc3c(c2)OCO3)c1. The zero-order chi connectivity index (χ0) is 19.9. The Morgan fingerprint density at radius 3 is 2.82 bits per heavy atom. The summed E-state index contributed by atoms with van der Waals surface area (Å²) in [4.78, 5) is 24.4. The minimum atomic E-state index is -1.10. The van der Waals surface area contributed by atoms with Crippen molar-refractivity contribution >= 4 is 23.6 Å². The number of anilines is 1. The van der Waals surface area contributed by atoms with Crippen LogP contribution in [0.15, 0.2) is 48.5 Å². The van der Waals surface area contributed by atoms with Gasteiger partial charge in [0.1, 0.15) is 11.8 Å². The lowest BCUT2D eigenvalue weighted by molar-refractivity contribution is -0.124. The average Bonchev–Trinajstić information content (AvgIpc) is 3.18. The van der Waals surface area contributed by atoms with Gasteiger partial charge in [0.25, 0.3) is 0 Å². The van der Waals surface area contributed by atoms with Crippen molar-refractivity contribution in [1.82, 2.24) is 5.32 Å². The number of hydrogen-bond donors (Lipinski definition) is 3. The van der Waals surface area contributed by atoms with Crippen LogP contribution in [-0.4, -0.2) is 43.5 Å². The van der Waals surface area contributed by atoms with Crippen LogP contribution in [0, 0.1) is 0 Å². The van der Waals surface area contributed by atoms with Gasteiger partial charge in [-0.1, -0.05) is 12.1 Å². The molecule has 2 aromatic rings. The quantitative estimate of drug-likeness (QED) is 0.626. The Morgan fingerprint density at radius 1 is 1.21 bits per heavy atom. The Kier molecular flexibility index (Phi) is 6.13. The first-order valence-electron chi connectivity index (χ1n) is 8.53. The summed E-state index contributed by atoms with van der Waals surface area (Å²) in [6, 6.07) is 10.9. The Balaban J connectivity index is 1.58. The van der Waals surface area contributed by atoms with Gasteiger partial charge in [-0.15, -0.1) is 0 Å². The van der Waals surface area contributed by atoms with Crippen LogP contribution in [0.3, 0.4) is 0 Å². The second-order valence-corrected chi connectivity index (χ2v) is 5.91. The van der Waals surface area contributed by atoms with Gasteiger partial charge in [0.15, 0.2) is 11.5 Å². The molecule has 146 valence electrons. The summed E-state index contributed by atoms with van der Waals surface area (Å²) in [5.74, 6) is 0.775. The lowest BCUT2D eigenvalue weighted by atomic mass is 10.2. The number of carbonyl (C=O) groups excluding carboxylic acids is 2. The van der Waals surface area contributed by atoms with E-state index >= 15 is 0 Å². The van der Waals surface area contributed by atoms with Crippen LogP contribution < -0.4 is 24.8 Å². The molecule has 1 atom stereocenters. The fraction of sp³-hybridized carbons (Fsp3) is 0.200. The summed E-state index contributed by atoms with van der Waals surface area (Å²) in [5.41, 5.74) is 1.23. The van der Waals surface area contributed by atoms with Crippen LogP contribution in [0.4, 0.5) is 5.69 Å². The molecule has 0 saturated carbocycles. The summed E-state index contributed by atoms with van der Waals surface area (Å²) in [6.45, 7) is -0.372. The van der Waals surface area contributed by atoms with E-state index in [4.69, 9.17) is 14.2 Å². The first-order valence-corrected chi connectivity index (χ1v) is 8.53. The maximum atomic E-state index is 12.3. The van der Waals surface area contributed by atoms with Crippen molar-refractivity contribution in [1.29, 1.82) is 0 Å². The van der Waals surface area contributed by atoms with E-state index in [0.717, 1.165) is 5.56 Å². The minimum absolute atomic E-state index is 0.170. The van der Waals surface area contributed by atoms with Gasteiger partial charge in [0, 0.05) is 17.8 Å². The highest BCUT2D eigenvalue weighted by Crippen LogP contribution is 2.32. The van der Waals surface area contributed by atoms with Crippen LogP contribution in [-0.2, 0) is 9.59 Å². The van der Waals surface area contributed by atoms with Gasteiger partial charge < -0.3 is 30.0 Å². The van der Waals surface area contributed by atoms with Crippen molar-refractivity contribution < 1.29 is 28.9 Å². The number of carbonyl (C=O) groups is 2. The molecule has 0 radical (unpaired) electrons. The van der Waals surface area contributed by atoms with E-state index in [9.17, 15) is 14.7 Å². The van der Waals surface area contributed by atoms with Gasteiger partial charge >= 0.3 is 0 Å². The first kappa shape index (κ1) is 19.2.